The number of nitrogens with zero attached hydrogens (tertiary/aromatic N) is 1. The van der Waals surface area contributed by atoms with E-state index in [0.29, 0.717) is 34.1 Å². The first-order chi connectivity index (χ1) is 16.7. The summed E-state index contributed by atoms with van der Waals surface area (Å²) >= 11 is 0. The fourth-order valence-electron chi connectivity index (χ4n) is 2.99. The molecule has 0 radical (unpaired) electrons. The van der Waals surface area contributed by atoms with Gasteiger partial charge in [0.2, 0.25) is 0 Å². The zero-order chi connectivity index (χ0) is 26.0. The smallest absolute Gasteiger partial charge is 0.322 e. The van der Waals surface area contributed by atoms with Crippen molar-refractivity contribution in [1.29, 1.82) is 0 Å². The van der Waals surface area contributed by atoms with Crippen LogP contribution < -0.4 is 24.7 Å². The van der Waals surface area contributed by atoms with E-state index in [2.05, 4.69) is 0 Å². The van der Waals surface area contributed by atoms with Crippen LogP contribution in [-0.2, 0) is 14.4 Å². The molecule has 2 aromatic carbocycles. The van der Waals surface area contributed by atoms with E-state index < -0.39 is 30.4 Å². The molecule has 0 saturated carbocycles. The van der Waals surface area contributed by atoms with Gasteiger partial charge in [-0.2, -0.15) is 0 Å². The number of imide groups is 1. The number of carboxylic acid groups (broad SMARTS) is 1. The summed E-state index contributed by atoms with van der Waals surface area (Å²) in [6, 6.07) is 8.56. The van der Waals surface area contributed by atoms with Gasteiger partial charge in [-0.15, -0.1) is 0 Å². The molecule has 0 aromatic heterocycles. The van der Waals surface area contributed by atoms with Gasteiger partial charge in [-0.05, 0) is 47.5 Å². The predicted molar refractivity (Wildman–Crippen MR) is 129 cm³/mol. The van der Waals surface area contributed by atoms with E-state index in [0.717, 1.165) is 17.1 Å². The van der Waals surface area contributed by atoms with Crippen LogP contribution >= 0.6 is 0 Å². The number of carbonyl (C=O) groups excluding carboxylic acids is 2. The van der Waals surface area contributed by atoms with Gasteiger partial charge in [0.15, 0.2) is 23.0 Å². The molecule has 0 spiro atoms. The van der Waals surface area contributed by atoms with Gasteiger partial charge in [0, 0.05) is 12.2 Å². The Morgan fingerprint density at radius 2 is 1.20 bits per heavy atom. The first kappa shape index (κ1) is 26.9. The number of benzene rings is 2. The van der Waals surface area contributed by atoms with Crippen molar-refractivity contribution in [3.63, 3.8) is 0 Å². The molecule has 10 nitrogen and oxygen atoms in total. The number of aliphatic carboxylic acids is 1. The monoisotopic (exact) mass is 484 g/mol. The van der Waals surface area contributed by atoms with E-state index in [9.17, 15) is 14.4 Å². The van der Waals surface area contributed by atoms with E-state index >= 15 is 0 Å². The van der Waals surface area contributed by atoms with Gasteiger partial charge in [0.25, 0.3) is 11.8 Å². The minimum atomic E-state index is -1.45. The molecule has 2 rings (SSSR count). The van der Waals surface area contributed by atoms with Crippen molar-refractivity contribution in [2.75, 3.05) is 35.0 Å². The van der Waals surface area contributed by atoms with Gasteiger partial charge in [-0.1, -0.05) is 12.1 Å². The fraction of sp³-hybridized carbons (Fsp3) is 0.240. The molecule has 0 bridgehead atoms. The topological polar surface area (TPSA) is 138 Å². The average molecular weight is 485 g/mol. The number of amides is 2. The SMILES string of the molecule is COc1ccc(C=CC(=O)N(CC(N)C(=O)O)C(=O)C=Cc2ccc(OC)c(OC)c2)cc1OC. The summed E-state index contributed by atoms with van der Waals surface area (Å²) in [4.78, 5) is 37.7. The third kappa shape index (κ3) is 7.34. The number of rotatable bonds is 11. The summed E-state index contributed by atoms with van der Waals surface area (Å²) in [5.74, 6) is -0.872. The lowest BCUT2D eigenvalue weighted by molar-refractivity contribution is -0.142. The molecule has 186 valence electrons. The number of hydrogen-bond acceptors (Lipinski definition) is 8. The minimum Gasteiger partial charge on any atom is -0.493 e. The normalized spacial score (nSPS) is 11.8. The number of carboxylic acids is 1. The van der Waals surface area contributed by atoms with Crippen LogP contribution in [0.5, 0.6) is 23.0 Å². The van der Waals surface area contributed by atoms with E-state index in [1.54, 1.807) is 36.4 Å². The molecule has 1 unspecified atom stereocenters. The quantitative estimate of drug-likeness (QED) is 0.460. The van der Waals surface area contributed by atoms with Crippen LogP contribution in [0.25, 0.3) is 12.2 Å². The third-order valence-corrected chi connectivity index (χ3v) is 4.88. The Balaban J connectivity index is 2.27. The first-order valence-corrected chi connectivity index (χ1v) is 10.4. The molecular weight excluding hydrogens is 456 g/mol. The van der Waals surface area contributed by atoms with Gasteiger partial charge >= 0.3 is 5.97 Å². The molecule has 3 N–H and O–H groups in total. The van der Waals surface area contributed by atoms with Crippen LogP contribution in [0.2, 0.25) is 0 Å². The predicted octanol–water partition coefficient (Wildman–Crippen LogP) is 2.21. The number of ether oxygens (including phenoxy) is 4. The second-order valence-electron chi connectivity index (χ2n) is 7.13. The van der Waals surface area contributed by atoms with Crippen molar-refractivity contribution in [2.24, 2.45) is 5.73 Å². The second kappa shape index (κ2) is 12.8. The fourth-order valence-corrected chi connectivity index (χ4v) is 2.99. The van der Waals surface area contributed by atoms with Crippen LogP contribution in [0, 0.1) is 0 Å². The highest BCUT2D eigenvalue weighted by atomic mass is 16.5. The lowest BCUT2D eigenvalue weighted by atomic mass is 10.1. The summed E-state index contributed by atoms with van der Waals surface area (Å²) in [6.07, 6.45) is 5.24. The zero-order valence-corrected chi connectivity index (χ0v) is 19.9. The molecule has 0 saturated heterocycles. The first-order valence-electron chi connectivity index (χ1n) is 10.4. The van der Waals surface area contributed by atoms with Gasteiger partial charge < -0.3 is 29.8 Å². The third-order valence-electron chi connectivity index (χ3n) is 4.88. The molecule has 35 heavy (non-hydrogen) atoms. The van der Waals surface area contributed by atoms with Crippen LogP contribution in [0.3, 0.4) is 0 Å². The Hall–Kier alpha value is -4.31. The molecule has 0 heterocycles. The largest absolute Gasteiger partial charge is 0.493 e. The average Bonchev–Trinajstić information content (AvgIpc) is 2.88. The Morgan fingerprint density at radius 3 is 1.54 bits per heavy atom. The van der Waals surface area contributed by atoms with Crippen molar-refractivity contribution in [3.05, 3.63) is 59.7 Å². The van der Waals surface area contributed by atoms with Gasteiger partial charge in [0.1, 0.15) is 6.04 Å². The van der Waals surface area contributed by atoms with Crippen molar-refractivity contribution in [3.8, 4) is 23.0 Å². The van der Waals surface area contributed by atoms with Crippen molar-refractivity contribution in [2.45, 2.75) is 6.04 Å². The maximum atomic E-state index is 12.8. The van der Waals surface area contributed by atoms with Crippen LogP contribution in [0.1, 0.15) is 11.1 Å². The van der Waals surface area contributed by atoms with Gasteiger partial charge in [0.05, 0.1) is 35.0 Å². The number of carbonyl (C=O) groups is 3. The lowest BCUT2D eigenvalue weighted by Crippen LogP contribution is -2.46. The Bertz CT molecular complexity index is 1050. The van der Waals surface area contributed by atoms with E-state index in [1.165, 1.54) is 40.6 Å². The van der Waals surface area contributed by atoms with Crippen LogP contribution in [-0.4, -0.2) is 68.8 Å². The van der Waals surface area contributed by atoms with Crippen molar-refractivity contribution >= 4 is 29.9 Å². The van der Waals surface area contributed by atoms with Crippen LogP contribution in [0.4, 0.5) is 0 Å². The summed E-state index contributed by atoms with van der Waals surface area (Å²) < 4.78 is 20.8. The molecular formula is C25H28N2O8. The van der Waals surface area contributed by atoms with E-state index in [-0.39, 0.29) is 0 Å². The summed E-state index contributed by atoms with van der Waals surface area (Å²) in [5, 5.41) is 9.16. The lowest BCUT2D eigenvalue weighted by Gasteiger charge is -2.20. The van der Waals surface area contributed by atoms with E-state index in [1.807, 2.05) is 0 Å². The highest BCUT2D eigenvalue weighted by Gasteiger charge is 2.24. The summed E-state index contributed by atoms with van der Waals surface area (Å²) in [6.45, 7) is -0.514. The van der Waals surface area contributed by atoms with Gasteiger partial charge in [-0.25, -0.2) is 0 Å². The number of methoxy groups -OCH3 is 4. The minimum absolute atomic E-state index is 0.459. The van der Waals surface area contributed by atoms with E-state index in [4.69, 9.17) is 29.8 Å². The molecule has 10 heteroatoms. The second-order valence-corrected chi connectivity index (χ2v) is 7.13. The highest BCUT2D eigenvalue weighted by molar-refractivity contribution is 6.08. The molecule has 1 atom stereocenters. The molecule has 0 aliphatic rings. The number of hydrogen-bond donors (Lipinski definition) is 2. The molecule has 0 fully saturated rings. The zero-order valence-electron chi connectivity index (χ0n) is 19.9. The Labute approximate surface area is 203 Å². The van der Waals surface area contributed by atoms with Crippen LogP contribution in [0.15, 0.2) is 48.6 Å². The molecule has 0 aliphatic carbocycles. The standard InChI is InChI=1S/C25H28N2O8/c1-32-19-9-5-16(13-21(19)34-3)7-11-23(28)27(15-18(26)25(30)31)24(29)12-8-17-6-10-20(33-2)22(14-17)35-4/h5-14,18H,15,26H2,1-4H3,(H,30,31). The summed E-state index contributed by atoms with van der Waals surface area (Å²) in [7, 11) is 5.97. The Kier molecular flexibility index (Phi) is 9.85. The molecule has 2 aromatic rings. The van der Waals surface area contributed by atoms with Gasteiger partial charge in [-0.3, -0.25) is 19.3 Å². The number of nitrogens with two attached hydrogens (primary N) is 1. The summed E-state index contributed by atoms with van der Waals surface area (Å²) in [5.41, 5.74) is 6.80. The van der Waals surface area contributed by atoms with Crippen molar-refractivity contribution < 1.29 is 38.4 Å². The molecule has 2 amide bonds. The maximum Gasteiger partial charge on any atom is 0.322 e. The Morgan fingerprint density at radius 1 is 0.800 bits per heavy atom. The highest BCUT2D eigenvalue weighted by Crippen LogP contribution is 2.29. The molecule has 0 aliphatic heterocycles. The van der Waals surface area contributed by atoms with Crippen molar-refractivity contribution in [1.82, 2.24) is 4.90 Å². The maximum absolute atomic E-state index is 12.8.